The number of carbonyl (C=O) groups is 1. The minimum Gasteiger partial charge on any atom is -0.480 e. The van der Waals surface area contributed by atoms with E-state index in [1.165, 1.54) is 12.1 Å². The summed E-state index contributed by atoms with van der Waals surface area (Å²) in [5.41, 5.74) is 8.87. The number of aliphatic carboxylic acids is 1. The summed E-state index contributed by atoms with van der Waals surface area (Å²) in [5, 5.41) is 20.2. The second-order valence-corrected chi connectivity index (χ2v) is 5.75. The number of non-ortho nitro benzene ring substituents is 1. The number of imidazole rings is 1. The maximum absolute atomic E-state index is 11.2. The van der Waals surface area contributed by atoms with Crippen molar-refractivity contribution in [1.82, 2.24) is 9.38 Å². The average Bonchev–Trinajstić information content (AvgIpc) is 2.95. The topological polar surface area (TPSA) is 124 Å². The highest BCUT2D eigenvalue weighted by atomic mass is 16.6. The molecule has 0 saturated carbocycles. The molecule has 0 aliphatic heterocycles. The predicted molar refractivity (Wildman–Crippen MR) is 91.3 cm³/mol. The maximum atomic E-state index is 11.2. The Morgan fingerprint density at radius 3 is 2.84 bits per heavy atom. The van der Waals surface area contributed by atoms with Crippen molar-refractivity contribution in [2.45, 2.75) is 19.4 Å². The van der Waals surface area contributed by atoms with Crippen LogP contribution in [0, 0.1) is 17.0 Å². The van der Waals surface area contributed by atoms with Gasteiger partial charge >= 0.3 is 5.97 Å². The number of fused-ring (bicyclic) bond motifs is 1. The summed E-state index contributed by atoms with van der Waals surface area (Å²) in [5.74, 6) is -1.12. The molecule has 0 bridgehead atoms. The van der Waals surface area contributed by atoms with E-state index in [1.807, 2.05) is 19.1 Å². The van der Waals surface area contributed by atoms with Gasteiger partial charge < -0.3 is 15.2 Å². The summed E-state index contributed by atoms with van der Waals surface area (Å²) in [6, 6.07) is 8.72. The molecule has 3 aromatic rings. The van der Waals surface area contributed by atoms with Gasteiger partial charge in [-0.15, -0.1) is 0 Å². The van der Waals surface area contributed by atoms with Gasteiger partial charge in [0.1, 0.15) is 11.7 Å². The molecule has 3 rings (SSSR count). The predicted octanol–water partition coefficient (Wildman–Crippen LogP) is 2.17. The quantitative estimate of drug-likeness (QED) is 0.542. The molecule has 0 amide bonds. The van der Waals surface area contributed by atoms with Gasteiger partial charge in [-0.05, 0) is 18.6 Å². The Balaban J connectivity index is 2.23. The largest absolute Gasteiger partial charge is 0.480 e. The zero-order valence-corrected chi connectivity index (χ0v) is 13.4. The molecule has 0 aliphatic rings. The summed E-state index contributed by atoms with van der Waals surface area (Å²) < 4.78 is 1.78. The molecule has 0 fully saturated rings. The van der Waals surface area contributed by atoms with Crippen LogP contribution in [-0.4, -0.2) is 31.4 Å². The lowest BCUT2D eigenvalue weighted by Gasteiger charge is -2.09. The molecule has 1 aromatic carbocycles. The van der Waals surface area contributed by atoms with Gasteiger partial charge in [-0.2, -0.15) is 0 Å². The van der Waals surface area contributed by atoms with Crippen molar-refractivity contribution in [3.05, 3.63) is 64.0 Å². The van der Waals surface area contributed by atoms with Gasteiger partial charge in [-0.1, -0.05) is 18.2 Å². The Bertz CT molecular complexity index is 980. The Kier molecular flexibility index (Phi) is 4.20. The monoisotopic (exact) mass is 340 g/mol. The van der Waals surface area contributed by atoms with Crippen LogP contribution in [0.4, 0.5) is 5.69 Å². The number of hydrogen-bond acceptors (Lipinski definition) is 5. The van der Waals surface area contributed by atoms with Crippen LogP contribution in [0.2, 0.25) is 0 Å². The number of nitro benzene ring substituents is 1. The van der Waals surface area contributed by atoms with Crippen molar-refractivity contribution in [2.24, 2.45) is 5.73 Å². The number of nitrogens with two attached hydrogens (primary N) is 1. The number of rotatable bonds is 5. The van der Waals surface area contributed by atoms with Crippen LogP contribution in [0.1, 0.15) is 11.3 Å². The first-order valence-corrected chi connectivity index (χ1v) is 7.58. The Morgan fingerprint density at radius 1 is 1.40 bits per heavy atom. The van der Waals surface area contributed by atoms with E-state index in [4.69, 9.17) is 10.8 Å². The molecule has 128 valence electrons. The number of aryl methyl sites for hydroxylation is 1. The average molecular weight is 340 g/mol. The van der Waals surface area contributed by atoms with Crippen molar-refractivity contribution < 1.29 is 14.8 Å². The molecule has 2 heterocycles. The summed E-state index contributed by atoms with van der Waals surface area (Å²) in [7, 11) is 0. The van der Waals surface area contributed by atoms with Crippen LogP contribution >= 0.6 is 0 Å². The third kappa shape index (κ3) is 3.07. The molecule has 1 atom stereocenters. The molecule has 0 spiro atoms. The van der Waals surface area contributed by atoms with Gasteiger partial charge in [0, 0.05) is 30.3 Å². The van der Waals surface area contributed by atoms with E-state index in [1.54, 1.807) is 22.7 Å². The molecule has 0 radical (unpaired) electrons. The molecule has 1 unspecified atom stereocenters. The van der Waals surface area contributed by atoms with Gasteiger partial charge in [0.05, 0.1) is 16.3 Å². The Hall–Kier alpha value is -3.26. The van der Waals surface area contributed by atoms with E-state index in [0.29, 0.717) is 22.6 Å². The highest BCUT2D eigenvalue weighted by Gasteiger charge is 2.21. The lowest BCUT2D eigenvalue weighted by molar-refractivity contribution is -0.384. The highest BCUT2D eigenvalue weighted by Crippen LogP contribution is 2.29. The molecule has 0 saturated heterocycles. The van der Waals surface area contributed by atoms with Crippen molar-refractivity contribution >= 4 is 17.3 Å². The van der Waals surface area contributed by atoms with Crippen LogP contribution in [0.3, 0.4) is 0 Å². The maximum Gasteiger partial charge on any atom is 0.320 e. The lowest BCUT2D eigenvalue weighted by atomic mass is 10.0. The molecular formula is C17H16N4O4. The zero-order chi connectivity index (χ0) is 18.1. The number of carboxylic acids is 1. The van der Waals surface area contributed by atoms with Gasteiger partial charge in [0.2, 0.25) is 0 Å². The molecule has 2 aromatic heterocycles. The summed E-state index contributed by atoms with van der Waals surface area (Å²) in [6.45, 7) is 1.89. The van der Waals surface area contributed by atoms with Crippen LogP contribution in [0.25, 0.3) is 16.9 Å². The van der Waals surface area contributed by atoms with Gasteiger partial charge in [-0.25, -0.2) is 4.98 Å². The highest BCUT2D eigenvalue weighted by molar-refractivity contribution is 5.75. The lowest BCUT2D eigenvalue weighted by Crippen LogP contribution is -2.32. The first kappa shape index (κ1) is 16.6. The normalized spacial score (nSPS) is 12.2. The van der Waals surface area contributed by atoms with Crippen molar-refractivity contribution in [3.63, 3.8) is 0 Å². The van der Waals surface area contributed by atoms with Crippen LogP contribution < -0.4 is 5.73 Å². The number of nitrogens with zero attached hydrogens (tertiary/aromatic N) is 3. The number of hydrogen-bond donors (Lipinski definition) is 2. The first-order valence-electron chi connectivity index (χ1n) is 7.58. The number of benzene rings is 1. The zero-order valence-electron chi connectivity index (χ0n) is 13.4. The van der Waals surface area contributed by atoms with Gasteiger partial charge in [0.15, 0.2) is 0 Å². The van der Waals surface area contributed by atoms with E-state index in [2.05, 4.69) is 4.98 Å². The van der Waals surface area contributed by atoms with Crippen molar-refractivity contribution in [1.29, 1.82) is 0 Å². The third-order valence-corrected chi connectivity index (χ3v) is 4.00. The molecule has 3 N–H and O–H groups in total. The fraction of sp³-hybridized carbons (Fsp3) is 0.176. The fourth-order valence-corrected chi connectivity index (χ4v) is 2.74. The SMILES string of the molecule is Cc1cccn2c(CC(N)C(=O)O)c(-c3cccc([N+](=O)[O-])c3)nc12. The summed E-state index contributed by atoms with van der Waals surface area (Å²) in [6.07, 6.45) is 1.83. The molecule has 8 nitrogen and oxygen atoms in total. The minimum absolute atomic E-state index is 0.0536. The second-order valence-electron chi connectivity index (χ2n) is 5.75. The molecule has 0 aliphatic carbocycles. The fourth-order valence-electron chi connectivity index (χ4n) is 2.74. The Labute approximate surface area is 142 Å². The van der Waals surface area contributed by atoms with Crippen LogP contribution in [0.5, 0.6) is 0 Å². The molecule has 8 heteroatoms. The third-order valence-electron chi connectivity index (χ3n) is 4.00. The van der Waals surface area contributed by atoms with E-state index >= 15 is 0 Å². The van der Waals surface area contributed by atoms with Crippen molar-refractivity contribution in [2.75, 3.05) is 0 Å². The first-order chi connectivity index (χ1) is 11.9. The van der Waals surface area contributed by atoms with Crippen LogP contribution in [-0.2, 0) is 11.2 Å². The van der Waals surface area contributed by atoms with E-state index < -0.39 is 16.9 Å². The van der Waals surface area contributed by atoms with Crippen LogP contribution in [0.15, 0.2) is 42.6 Å². The summed E-state index contributed by atoms with van der Waals surface area (Å²) >= 11 is 0. The van der Waals surface area contributed by atoms with E-state index in [9.17, 15) is 14.9 Å². The summed E-state index contributed by atoms with van der Waals surface area (Å²) in [4.78, 5) is 26.3. The number of nitro groups is 1. The standard InChI is InChI=1S/C17H16N4O4/c1-10-4-3-7-20-14(9-13(18)17(22)23)15(19-16(10)20)11-5-2-6-12(8-11)21(24)25/h2-8,13H,9,18H2,1H3,(H,22,23). The van der Waals surface area contributed by atoms with E-state index in [-0.39, 0.29) is 12.1 Å². The second kappa shape index (κ2) is 6.33. The van der Waals surface area contributed by atoms with Gasteiger partial charge in [-0.3, -0.25) is 14.9 Å². The number of aromatic nitrogens is 2. The molecular weight excluding hydrogens is 324 g/mol. The smallest absolute Gasteiger partial charge is 0.320 e. The van der Waals surface area contributed by atoms with E-state index in [0.717, 1.165) is 5.56 Å². The number of pyridine rings is 1. The Morgan fingerprint density at radius 2 is 2.16 bits per heavy atom. The number of carboxylic acid groups (broad SMARTS) is 1. The minimum atomic E-state index is -1.12. The molecule has 25 heavy (non-hydrogen) atoms. The van der Waals surface area contributed by atoms with Crippen molar-refractivity contribution in [3.8, 4) is 11.3 Å². The van der Waals surface area contributed by atoms with Gasteiger partial charge in [0.25, 0.3) is 5.69 Å².